The van der Waals surface area contributed by atoms with Crippen LogP contribution in [0.15, 0.2) is 132 Å². The first kappa shape index (κ1) is 24.0. The van der Waals surface area contributed by atoms with Crippen LogP contribution >= 0.6 is 21.6 Å². The molecule has 0 N–H and O–H groups in total. The van der Waals surface area contributed by atoms with Crippen molar-refractivity contribution in [2.24, 2.45) is 0 Å². The van der Waals surface area contributed by atoms with Crippen LogP contribution in [-0.4, -0.2) is 29.9 Å². The highest BCUT2D eigenvalue weighted by Gasteiger charge is 2.13. The summed E-state index contributed by atoms with van der Waals surface area (Å²) in [6.07, 6.45) is 7.12. The van der Waals surface area contributed by atoms with Crippen LogP contribution in [-0.2, 0) is 0 Å². The first-order chi connectivity index (χ1) is 18.8. The predicted octanol–water partition coefficient (Wildman–Crippen LogP) is 7.52. The summed E-state index contributed by atoms with van der Waals surface area (Å²) in [5.41, 5.74) is 6.47. The van der Waals surface area contributed by atoms with Crippen molar-refractivity contribution in [1.82, 2.24) is 29.9 Å². The molecule has 0 saturated heterocycles. The third-order valence-electron chi connectivity index (χ3n) is 5.54. The van der Waals surface area contributed by atoms with Gasteiger partial charge in [-0.1, -0.05) is 45.9 Å². The lowest BCUT2D eigenvalue weighted by atomic mass is 10.2. The molecule has 0 aliphatic rings. The standard InChI is InChI=1S/C30H20N6S2/c1-5-13-31-23(9-1)27-17-21(18-28(35-27)24-10-2-6-14-32-24)37-38-22-19-29(25-11-3-7-15-33-25)36-30(20-22)26-12-4-8-16-34-26/h1-20H. The van der Waals surface area contributed by atoms with Crippen LogP contribution in [0.3, 0.4) is 0 Å². The number of hydrogen-bond donors (Lipinski definition) is 0. The summed E-state index contributed by atoms with van der Waals surface area (Å²) >= 11 is 0. The van der Waals surface area contributed by atoms with Crippen molar-refractivity contribution in [3.05, 3.63) is 122 Å². The molecular formula is C30H20N6S2. The number of aromatic nitrogens is 6. The lowest BCUT2D eigenvalue weighted by molar-refractivity contribution is 1.19. The van der Waals surface area contributed by atoms with Crippen molar-refractivity contribution >= 4 is 21.6 Å². The zero-order valence-electron chi connectivity index (χ0n) is 20.0. The number of hydrogen-bond acceptors (Lipinski definition) is 8. The van der Waals surface area contributed by atoms with Gasteiger partial charge in [-0.05, 0) is 72.8 Å². The summed E-state index contributed by atoms with van der Waals surface area (Å²) in [6.45, 7) is 0. The molecule has 0 atom stereocenters. The van der Waals surface area contributed by atoms with E-state index in [1.165, 1.54) is 0 Å². The van der Waals surface area contributed by atoms with E-state index in [9.17, 15) is 0 Å². The second kappa shape index (κ2) is 11.3. The number of pyridine rings is 6. The van der Waals surface area contributed by atoms with Crippen molar-refractivity contribution in [1.29, 1.82) is 0 Å². The predicted molar refractivity (Wildman–Crippen MR) is 153 cm³/mol. The van der Waals surface area contributed by atoms with Crippen LogP contribution < -0.4 is 0 Å². The van der Waals surface area contributed by atoms with Gasteiger partial charge in [-0.15, -0.1) is 0 Å². The molecule has 0 aliphatic carbocycles. The van der Waals surface area contributed by atoms with Gasteiger partial charge in [0.05, 0.1) is 45.6 Å². The molecule has 6 nitrogen and oxygen atoms in total. The van der Waals surface area contributed by atoms with Crippen LogP contribution in [0.5, 0.6) is 0 Å². The Kier molecular flexibility index (Phi) is 7.15. The highest BCUT2D eigenvalue weighted by atomic mass is 33.1. The van der Waals surface area contributed by atoms with Crippen molar-refractivity contribution in [3.63, 3.8) is 0 Å². The number of rotatable bonds is 7. The van der Waals surface area contributed by atoms with E-state index < -0.39 is 0 Å². The lowest BCUT2D eigenvalue weighted by Gasteiger charge is -2.10. The van der Waals surface area contributed by atoms with Crippen molar-refractivity contribution in [3.8, 4) is 45.6 Å². The molecule has 0 aliphatic heterocycles. The Morgan fingerprint density at radius 2 is 0.632 bits per heavy atom. The molecule has 0 spiro atoms. The van der Waals surface area contributed by atoms with Crippen LogP contribution in [0.4, 0.5) is 0 Å². The maximum Gasteiger partial charge on any atom is 0.0905 e. The van der Waals surface area contributed by atoms with E-state index in [0.29, 0.717) is 0 Å². The number of nitrogens with zero attached hydrogens (tertiary/aromatic N) is 6. The molecule has 0 radical (unpaired) electrons. The van der Waals surface area contributed by atoms with Gasteiger partial charge in [0, 0.05) is 34.6 Å². The van der Waals surface area contributed by atoms with E-state index in [-0.39, 0.29) is 0 Å². The topological polar surface area (TPSA) is 77.3 Å². The Morgan fingerprint density at radius 3 is 0.868 bits per heavy atom. The van der Waals surface area contributed by atoms with E-state index in [0.717, 1.165) is 55.3 Å². The molecular weight excluding hydrogens is 509 g/mol. The van der Waals surface area contributed by atoms with E-state index in [2.05, 4.69) is 44.2 Å². The summed E-state index contributed by atoms with van der Waals surface area (Å²) in [7, 11) is 3.30. The molecule has 8 heteroatoms. The average Bonchev–Trinajstić information content (AvgIpc) is 3.01. The van der Waals surface area contributed by atoms with Gasteiger partial charge < -0.3 is 0 Å². The highest BCUT2D eigenvalue weighted by molar-refractivity contribution is 8.76. The van der Waals surface area contributed by atoms with Crippen molar-refractivity contribution < 1.29 is 0 Å². The van der Waals surface area contributed by atoms with Crippen LogP contribution in [0.2, 0.25) is 0 Å². The third kappa shape index (κ3) is 5.61. The highest BCUT2D eigenvalue weighted by Crippen LogP contribution is 2.41. The fourth-order valence-electron chi connectivity index (χ4n) is 3.79. The molecule has 0 unspecified atom stereocenters. The Labute approximate surface area is 228 Å². The summed E-state index contributed by atoms with van der Waals surface area (Å²) in [5.74, 6) is 0. The molecule has 6 heterocycles. The molecule has 0 aromatic carbocycles. The largest absolute Gasteiger partial charge is 0.255 e. The minimum atomic E-state index is 0.801. The SMILES string of the molecule is c1ccc(-c2cc(SSc3cc(-c4ccccn4)nc(-c4ccccn4)c3)cc(-c3ccccn3)n2)nc1. The Hall–Kier alpha value is -4.40. The van der Waals surface area contributed by atoms with Crippen LogP contribution in [0.1, 0.15) is 0 Å². The fourth-order valence-corrected chi connectivity index (χ4v) is 5.77. The van der Waals surface area contributed by atoms with Crippen molar-refractivity contribution in [2.45, 2.75) is 9.79 Å². The molecule has 38 heavy (non-hydrogen) atoms. The molecule has 182 valence electrons. The van der Waals surface area contributed by atoms with Crippen LogP contribution in [0, 0.1) is 0 Å². The first-order valence-electron chi connectivity index (χ1n) is 11.9. The maximum absolute atomic E-state index is 4.86. The first-order valence-corrected chi connectivity index (χ1v) is 14.0. The summed E-state index contributed by atoms with van der Waals surface area (Å²) in [4.78, 5) is 29.9. The molecule has 0 amide bonds. The van der Waals surface area contributed by atoms with Gasteiger partial charge in [-0.2, -0.15) is 0 Å². The second-order valence-corrected chi connectivity index (χ2v) is 10.4. The normalized spacial score (nSPS) is 10.8. The Bertz CT molecular complexity index is 1410. The summed E-state index contributed by atoms with van der Waals surface area (Å²) < 4.78 is 0. The molecule has 0 bridgehead atoms. The molecule has 6 aromatic rings. The van der Waals surface area contributed by atoms with Gasteiger partial charge in [0.2, 0.25) is 0 Å². The zero-order valence-corrected chi connectivity index (χ0v) is 21.7. The average molecular weight is 529 g/mol. The van der Waals surface area contributed by atoms with E-state index >= 15 is 0 Å². The second-order valence-electron chi connectivity index (χ2n) is 8.17. The summed E-state index contributed by atoms with van der Waals surface area (Å²) in [6, 6.07) is 31.6. The maximum atomic E-state index is 4.86. The Morgan fingerprint density at radius 1 is 0.342 bits per heavy atom. The van der Waals surface area contributed by atoms with Crippen LogP contribution in [0.25, 0.3) is 45.6 Å². The van der Waals surface area contributed by atoms with E-state index in [4.69, 9.17) is 9.97 Å². The third-order valence-corrected chi connectivity index (χ3v) is 7.89. The fraction of sp³-hybridized carbons (Fsp3) is 0. The lowest BCUT2D eigenvalue weighted by Crippen LogP contribution is -1.93. The van der Waals surface area contributed by atoms with Gasteiger partial charge in [0.1, 0.15) is 0 Å². The van der Waals surface area contributed by atoms with E-state index in [1.54, 1.807) is 46.4 Å². The molecule has 6 rings (SSSR count). The molecule has 0 fully saturated rings. The minimum Gasteiger partial charge on any atom is -0.255 e. The van der Waals surface area contributed by atoms with Crippen molar-refractivity contribution in [2.75, 3.05) is 0 Å². The minimum absolute atomic E-state index is 0.801. The van der Waals surface area contributed by atoms with Gasteiger partial charge in [0.25, 0.3) is 0 Å². The van der Waals surface area contributed by atoms with Gasteiger partial charge >= 0.3 is 0 Å². The quantitative estimate of drug-likeness (QED) is 0.197. The van der Waals surface area contributed by atoms with Gasteiger partial charge in [0.15, 0.2) is 0 Å². The zero-order chi connectivity index (χ0) is 25.6. The van der Waals surface area contributed by atoms with Gasteiger partial charge in [-0.3, -0.25) is 19.9 Å². The molecule has 6 aromatic heterocycles. The summed E-state index contributed by atoms with van der Waals surface area (Å²) in [5, 5.41) is 0. The molecule has 0 saturated carbocycles. The van der Waals surface area contributed by atoms with Gasteiger partial charge in [-0.25, -0.2) is 9.97 Å². The van der Waals surface area contributed by atoms with E-state index in [1.807, 2.05) is 72.8 Å². The Balaban J connectivity index is 1.37. The smallest absolute Gasteiger partial charge is 0.0905 e. The monoisotopic (exact) mass is 528 g/mol.